The summed E-state index contributed by atoms with van der Waals surface area (Å²) < 4.78 is 2.21. The largest absolute Gasteiger partial charge is 0.344 e. The van der Waals surface area contributed by atoms with Gasteiger partial charge in [-0.1, -0.05) is 6.92 Å². The van der Waals surface area contributed by atoms with E-state index in [0.717, 1.165) is 83.8 Å². The quantitative estimate of drug-likeness (QED) is 0.747. The van der Waals surface area contributed by atoms with Crippen LogP contribution in [0.25, 0.3) is 0 Å². The monoisotopic (exact) mass is 399 g/mol. The summed E-state index contributed by atoms with van der Waals surface area (Å²) in [6.45, 7) is 11.3. The van der Waals surface area contributed by atoms with Crippen LogP contribution in [0.3, 0.4) is 0 Å². The predicted molar refractivity (Wildman–Crippen MR) is 112 cm³/mol. The van der Waals surface area contributed by atoms with Crippen LogP contribution in [0.5, 0.6) is 0 Å². The van der Waals surface area contributed by atoms with E-state index < -0.39 is 0 Å². The molecular weight excluding hydrogens is 366 g/mol. The minimum absolute atomic E-state index is 0.134. The second-order valence-electron chi connectivity index (χ2n) is 8.87. The Labute approximate surface area is 173 Å². The van der Waals surface area contributed by atoms with E-state index in [1.54, 1.807) is 0 Å². The third-order valence-corrected chi connectivity index (χ3v) is 7.28. The molecule has 1 N–H and O–H groups in total. The minimum Gasteiger partial charge on any atom is -0.344 e. The van der Waals surface area contributed by atoms with Crippen LogP contribution in [0.1, 0.15) is 19.8 Å². The molecule has 1 aromatic heterocycles. The van der Waals surface area contributed by atoms with Crippen molar-refractivity contribution in [2.45, 2.75) is 25.6 Å². The smallest absolute Gasteiger partial charge is 0.198 e. The Kier molecular flexibility index (Phi) is 4.98. The standard InChI is InChI=1S/C21H33N7O/c1-3-25-10-12-26(13-11-25)21(27-14-17(15-27)16-29)18-5-8-24(2)9-6-19(18)23-20-4-7-22-28(20)21/h4,7,16-17,23H,3,5-6,8-15H2,1-2H3. The molecule has 1 atom stereocenters. The molecule has 0 aliphatic carbocycles. The average Bonchev–Trinajstić information content (AvgIpc) is 3.10. The van der Waals surface area contributed by atoms with Gasteiger partial charge in [0.05, 0.1) is 6.20 Å². The molecule has 0 aromatic carbocycles. The topological polar surface area (TPSA) is 59.9 Å². The highest BCUT2D eigenvalue weighted by molar-refractivity contribution is 5.57. The van der Waals surface area contributed by atoms with Crippen LogP contribution in [0.2, 0.25) is 0 Å². The van der Waals surface area contributed by atoms with Gasteiger partial charge in [-0.15, -0.1) is 0 Å². The van der Waals surface area contributed by atoms with Crippen molar-refractivity contribution in [1.29, 1.82) is 0 Å². The molecule has 2 fully saturated rings. The van der Waals surface area contributed by atoms with Gasteiger partial charge in [-0.2, -0.15) is 5.10 Å². The van der Waals surface area contributed by atoms with Crippen LogP contribution in [-0.2, 0) is 10.6 Å². The molecule has 5 heterocycles. The van der Waals surface area contributed by atoms with Gasteiger partial charge in [0, 0.05) is 82.0 Å². The Bertz CT molecular complexity index is 791. The summed E-state index contributed by atoms with van der Waals surface area (Å²) in [6, 6.07) is 2.09. The molecule has 0 amide bonds. The highest BCUT2D eigenvalue weighted by Gasteiger charge is 2.55. The average molecular weight is 400 g/mol. The van der Waals surface area contributed by atoms with Gasteiger partial charge in [-0.05, 0) is 20.0 Å². The summed E-state index contributed by atoms with van der Waals surface area (Å²) in [5.41, 5.74) is 2.81. The van der Waals surface area contributed by atoms with E-state index in [0.29, 0.717) is 0 Å². The number of likely N-dealkylation sites (N-methyl/N-ethyl adjacent to an activating group) is 1. The number of hydrogen-bond acceptors (Lipinski definition) is 7. The molecule has 8 nitrogen and oxygen atoms in total. The van der Waals surface area contributed by atoms with E-state index in [4.69, 9.17) is 5.10 Å². The lowest BCUT2D eigenvalue weighted by Crippen LogP contribution is -2.72. The molecule has 8 heteroatoms. The number of hydrogen-bond donors (Lipinski definition) is 1. The molecule has 0 radical (unpaired) electrons. The molecule has 1 aromatic rings. The first-order valence-corrected chi connectivity index (χ1v) is 11.1. The fourth-order valence-corrected chi connectivity index (χ4v) is 5.53. The fraction of sp³-hybridized carbons (Fsp3) is 0.714. The van der Waals surface area contributed by atoms with Crippen molar-refractivity contribution < 1.29 is 4.79 Å². The van der Waals surface area contributed by atoms with Crippen LogP contribution in [0.4, 0.5) is 5.82 Å². The summed E-state index contributed by atoms with van der Waals surface area (Å²) in [7, 11) is 2.21. The van der Waals surface area contributed by atoms with Gasteiger partial charge in [-0.25, -0.2) is 4.68 Å². The third-order valence-electron chi connectivity index (χ3n) is 7.28. The van der Waals surface area contributed by atoms with Crippen molar-refractivity contribution in [2.75, 3.05) is 71.3 Å². The summed E-state index contributed by atoms with van der Waals surface area (Å²) in [5.74, 6) is 0.820. The number of piperazine rings is 1. The first kappa shape index (κ1) is 19.2. The third kappa shape index (κ3) is 2.96. The number of carbonyl (C=O) groups is 1. The lowest BCUT2D eigenvalue weighted by molar-refractivity contribution is -0.164. The number of likely N-dealkylation sites (tertiary alicyclic amines) is 1. The molecule has 158 valence electrons. The maximum atomic E-state index is 11.5. The van der Waals surface area contributed by atoms with Gasteiger partial charge in [-0.3, -0.25) is 9.80 Å². The number of nitrogens with zero attached hydrogens (tertiary/aromatic N) is 6. The van der Waals surface area contributed by atoms with Crippen molar-refractivity contribution >= 4 is 12.1 Å². The molecule has 5 rings (SSSR count). The molecule has 0 saturated carbocycles. The van der Waals surface area contributed by atoms with E-state index in [1.807, 2.05) is 6.20 Å². The van der Waals surface area contributed by atoms with Crippen molar-refractivity contribution in [2.24, 2.45) is 5.92 Å². The SMILES string of the molecule is CCN1CCN(C2(N3CC(C=O)C3)C3=C(CCN(C)CC3)Nc3ccnn32)CC1. The lowest BCUT2D eigenvalue weighted by atomic mass is 9.89. The zero-order valence-corrected chi connectivity index (χ0v) is 17.7. The zero-order chi connectivity index (χ0) is 20.0. The summed E-state index contributed by atoms with van der Waals surface area (Å²) in [5, 5.41) is 8.54. The number of anilines is 1. The van der Waals surface area contributed by atoms with E-state index in [1.165, 1.54) is 11.3 Å². The Morgan fingerprint density at radius 2 is 1.90 bits per heavy atom. The van der Waals surface area contributed by atoms with E-state index in [2.05, 4.69) is 49.6 Å². The molecule has 29 heavy (non-hydrogen) atoms. The van der Waals surface area contributed by atoms with Crippen LogP contribution in [0, 0.1) is 5.92 Å². The summed E-state index contributed by atoms with van der Waals surface area (Å²) in [6.07, 6.45) is 5.09. The van der Waals surface area contributed by atoms with Crippen molar-refractivity contribution in [3.63, 3.8) is 0 Å². The molecule has 4 aliphatic rings. The molecule has 1 unspecified atom stereocenters. The van der Waals surface area contributed by atoms with Gasteiger partial charge in [0.2, 0.25) is 0 Å². The molecular formula is C21H33N7O. The van der Waals surface area contributed by atoms with Gasteiger partial charge >= 0.3 is 0 Å². The number of carbonyl (C=O) groups excluding carboxylic acids is 1. The van der Waals surface area contributed by atoms with Crippen LogP contribution in [-0.4, -0.2) is 102 Å². The summed E-state index contributed by atoms with van der Waals surface area (Å²) in [4.78, 5) is 21.5. The van der Waals surface area contributed by atoms with Gasteiger partial charge < -0.3 is 19.9 Å². The molecule has 0 spiro atoms. The van der Waals surface area contributed by atoms with Gasteiger partial charge in [0.25, 0.3) is 0 Å². The Morgan fingerprint density at radius 1 is 1.14 bits per heavy atom. The molecule has 2 saturated heterocycles. The second kappa shape index (κ2) is 7.50. The fourth-order valence-electron chi connectivity index (χ4n) is 5.53. The number of fused-ring (bicyclic) bond motifs is 1. The van der Waals surface area contributed by atoms with Crippen molar-refractivity contribution in [3.8, 4) is 0 Å². The maximum absolute atomic E-state index is 11.5. The number of rotatable bonds is 4. The van der Waals surface area contributed by atoms with E-state index in [9.17, 15) is 4.79 Å². The lowest BCUT2D eigenvalue weighted by Gasteiger charge is -2.59. The molecule has 0 bridgehead atoms. The number of aldehydes is 1. The second-order valence-corrected chi connectivity index (χ2v) is 8.87. The number of aromatic nitrogens is 2. The predicted octanol–water partition coefficient (Wildman–Crippen LogP) is 0.667. The van der Waals surface area contributed by atoms with E-state index >= 15 is 0 Å². The van der Waals surface area contributed by atoms with Gasteiger partial charge in [0.1, 0.15) is 12.1 Å². The Morgan fingerprint density at radius 3 is 2.62 bits per heavy atom. The van der Waals surface area contributed by atoms with Crippen molar-refractivity contribution in [3.05, 3.63) is 23.5 Å². The van der Waals surface area contributed by atoms with Crippen molar-refractivity contribution in [1.82, 2.24) is 29.4 Å². The highest BCUT2D eigenvalue weighted by Crippen LogP contribution is 2.47. The summed E-state index contributed by atoms with van der Waals surface area (Å²) >= 11 is 0. The first-order valence-electron chi connectivity index (χ1n) is 11.1. The Balaban J connectivity index is 1.61. The van der Waals surface area contributed by atoms with Crippen LogP contribution < -0.4 is 5.32 Å². The zero-order valence-electron chi connectivity index (χ0n) is 17.7. The highest BCUT2D eigenvalue weighted by atomic mass is 16.1. The maximum Gasteiger partial charge on any atom is 0.198 e. The normalized spacial score (nSPS) is 30.3. The van der Waals surface area contributed by atoms with Crippen LogP contribution >= 0.6 is 0 Å². The number of nitrogens with one attached hydrogen (secondary N) is 1. The first-order chi connectivity index (χ1) is 14.2. The molecule has 4 aliphatic heterocycles. The minimum atomic E-state index is -0.385. The van der Waals surface area contributed by atoms with Crippen LogP contribution in [0.15, 0.2) is 23.5 Å². The van der Waals surface area contributed by atoms with Gasteiger partial charge in [0.15, 0.2) is 5.79 Å². The Hall–Kier alpha value is -1.74. The van der Waals surface area contributed by atoms with E-state index in [-0.39, 0.29) is 11.7 Å².